The van der Waals surface area contributed by atoms with Gasteiger partial charge in [-0.25, -0.2) is 0 Å². The summed E-state index contributed by atoms with van der Waals surface area (Å²) < 4.78 is 11.6. The summed E-state index contributed by atoms with van der Waals surface area (Å²) in [5.74, 6) is 0.546. The SMILES string of the molecule is CC(C)N1CCC(C2OCC(CCN)O2)C1. The molecule has 0 saturated carbocycles. The van der Waals surface area contributed by atoms with Crippen LogP contribution in [-0.2, 0) is 9.47 Å². The van der Waals surface area contributed by atoms with E-state index in [2.05, 4.69) is 18.7 Å². The van der Waals surface area contributed by atoms with Crippen molar-refractivity contribution in [2.75, 3.05) is 26.2 Å². The average molecular weight is 228 g/mol. The first-order chi connectivity index (χ1) is 7.70. The zero-order chi connectivity index (χ0) is 11.5. The highest BCUT2D eigenvalue weighted by Crippen LogP contribution is 2.28. The summed E-state index contributed by atoms with van der Waals surface area (Å²) in [4.78, 5) is 2.49. The van der Waals surface area contributed by atoms with Crippen molar-refractivity contribution < 1.29 is 9.47 Å². The third-order valence-electron chi connectivity index (χ3n) is 3.63. The van der Waals surface area contributed by atoms with E-state index in [-0.39, 0.29) is 12.4 Å². The van der Waals surface area contributed by atoms with Crippen molar-refractivity contribution >= 4 is 0 Å². The summed E-state index contributed by atoms with van der Waals surface area (Å²) in [7, 11) is 0. The first kappa shape index (κ1) is 12.3. The van der Waals surface area contributed by atoms with Gasteiger partial charge in [-0.2, -0.15) is 0 Å². The smallest absolute Gasteiger partial charge is 0.162 e. The molecule has 94 valence electrons. The monoisotopic (exact) mass is 228 g/mol. The molecule has 2 heterocycles. The Balaban J connectivity index is 1.78. The molecule has 0 aromatic rings. The zero-order valence-corrected chi connectivity index (χ0v) is 10.4. The van der Waals surface area contributed by atoms with Crippen LogP contribution in [0.25, 0.3) is 0 Å². The highest BCUT2D eigenvalue weighted by molar-refractivity contribution is 4.82. The molecule has 0 bridgehead atoms. The molecule has 0 aromatic carbocycles. The summed E-state index contributed by atoms with van der Waals surface area (Å²) >= 11 is 0. The standard InChI is InChI=1S/C12H24N2O2/c1-9(2)14-6-4-10(7-14)12-15-8-11(16-12)3-5-13/h9-12H,3-8,13H2,1-2H3. The van der Waals surface area contributed by atoms with E-state index in [1.807, 2.05) is 0 Å². The molecule has 4 heteroatoms. The summed E-state index contributed by atoms with van der Waals surface area (Å²) in [6.45, 7) is 8.18. The van der Waals surface area contributed by atoms with Crippen LogP contribution >= 0.6 is 0 Å². The number of nitrogens with two attached hydrogens (primary N) is 1. The minimum Gasteiger partial charge on any atom is -0.350 e. The molecule has 3 atom stereocenters. The van der Waals surface area contributed by atoms with Crippen molar-refractivity contribution in [3.05, 3.63) is 0 Å². The van der Waals surface area contributed by atoms with Gasteiger partial charge in [0.1, 0.15) is 0 Å². The highest BCUT2D eigenvalue weighted by Gasteiger charge is 2.36. The Morgan fingerprint density at radius 2 is 2.25 bits per heavy atom. The van der Waals surface area contributed by atoms with Crippen molar-refractivity contribution in [1.29, 1.82) is 0 Å². The first-order valence-corrected chi connectivity index (χ1v) is 6.42. The molecule has 3 unspecified atom stereocenters. The average Bonchev–Trinajstić information content (AvgIpc) is 2.84. The molecule has 0 spiro atoms. The molecular weight excluding hydrogens is 204 g/mol. The van der Waals surface area contributed by atoms with Gasteiger partial charge in [0.05, 0.1) is 12.7 Å². The van der Waals surface area contributed by atoms with Crippen LogP contribution in [0.5, 0.6) is 0 Å². The Morgan fingerprint density at radius 1 is 1.44 bits per heavy atom. The predicted molar refractivity (Wildman–Crippen MR) is 63.1 cm³/mol. The van der Waals surface area contributed by atoms with Gasteiger partial charge in [-0.1, -0.05) is 0 Å². The number of rotatable bonds is 4. The number of ether oxygens (including phenoxy) is 2. The van der Waals surface area contributed by atoms with Crippen molar-refractivity contribution in [2.45, 2.75) is 45.1 Å². The maximum atomic E-state index is 5.88. The Bertz CT molecular complexity index is 223. The van der Waals surface area contributed by atoms with Gasteiger partial charge in [-0.05, 0) is 39.8 Å². The van der Waals surface area contributed by atoms with Gasteiger partial charge in [-0.15, -0.1) is 0 Å². The minimum atomic E-state index is 0.0142. The van der Waals surface area contributed by atoms with Crippen molar-refractivity contribution in [1.82, 2.24) is 4.90 Å². The highest BCUT2D eigenvalue weighted by atomic mass is 16.7. The second-order valence-corrected chi connectivity index (χ2v) is 5.17. The van der Waals surface area contributed by atoms with Gasteiger partial charge in [0, 0.05) is 18.5 Å². The molecule has 2 fully saturated rings. The number of likely N-dealkylation sites (tertiary alicyclic amines) is 1. The van der Waals surface area contributed by atoms with Crippen LogP contribution in [0.2, 0.25) is 0 Å². The fourth-order valence-electron chi connectivity index (χ4n) is 2.56. The Labute approximate surface area is 98.1 Å². The van der Waals surface area contributed by atoms with Crippen LogP contribution in [0.1, 0.15) is 26.7 Å². The van der Waals surface area contributed by atoms with E-state index in [4.69, 9.17) is 15.2 Å². The molecule has 0 aliphatic carbocycles. The van der Waals surface area contributed by atoms with E-state index in [9.17, 15) is 0 Å². The largest absolute Gasteiger partial charge is 0.350 e. The maximum absolute atomic E-state index is 5.88. The first-order valence-electron chi connectivity index (χ1n) is 6.42. The Kier molecular flexibility index (Phi) is 4.19. The van der Waals surface area contributed by atoms with Crippen LogP contribution in [0, 0.1) is 5.92 Å². The maximum Gasteiger partial charge on any atom is 0.162 e. The lowest BCUT2D eigenvalue weighted by molar-refractivity contribution is -0.0940. The van der Waals surface area contributed by atoms with Crippen LogP contribution in [0.3, 0.4) is 0 Å². The number of hydrogen-bond donors (Lipinski definition) is 1. The summed E-state index contributed by atoms with van der Waals surface area (Å²) in [6.07, 6.45) is 2.35. The molecule has 0 radical (unpaired) electrons. The molecule has 2 aliphatic rings. The van der Waals surface area contributed by atoms with Crippen LogP contribution in [0.15, 0.2) is 0 Å². The molecule has 2 saturated heterocycles. The van der Waals surface area contributed by atoms with E-state index < -0.39 is 0 Å². The van der Waals surface area contributed by atoms with E-state index in [0.717, 1.165) is 19.6 Å². The van der Waals surface area contributed by atoms with Crippen LogP contribution < -0.4 is 5.73 Å². The fraction of sp³-hybridized carbons (Fsp3) is 1.00. The van der Waals surface area contributed by atoms with Crippen LogP contribution in [-0.4, -0.2) is 49.6 Å². The normalized spacial score (nSPS) is 36.4. The Hall–Kier alpha value is -0.160. The molecule has 0 aromatic heterocycles. The Morgan fingerprint density at radius 3 is 2.88 bits per heavy atom. The molecule has 4 nitrogen and oxygen atoms in total. The molecule has 2 aliphatic heterocycles. The van der Waals surface area contributed by atoms with Gasteiger partial charge >= 0.3 is 0 Å². The lowest BCUT2D eigenvalue weighted by Crippen LogP contribution is -2.31. The van der Waals surface area contributed by atoms with Crippen molar-refractivity contribution in [2.24, 2.45) is 11.7 Å². The second-order valence-electron chi connectivity index (χ2n) is 5.17. The summed E-state index contributed by atoms with van der Waals surface area (Å²) in [5.41, 5.74) is 5.53. The quantitative estimate of drug-likeness (QED) is 0.773. The zero-order valence-electron chi connectivity index (χ0n) is 10.4. The fourth-order valence-corrected chi connectivity index (χ4v) is 2.56. The van der Waals surface area contributed by atoms with Crippen molar-refractivity contribution in [3.63, 3.8) is 0 Å². The number of nitrogens with zero attached hydrogens (tertiary/aromatic N) is 1. The van der Waals surface area contributed by atoms with Gasteiger partial charge in [0.2, 0.25) is 0 Å². The minimum absolute atomic E-state index is 0.0142. The van der Waals surface area contributed by atoms with Crippen molar-refractivity contribution in [3.8, 4) is 0 Å². The lowest BCUT2D eigenvalue weighted by Gasteiger charge is -2.22. The predicted octanol–water partition coefficient (Wildman–Crippen LogP) is 0.807. The third-order valence-corrected chi connectivity index (χ3v) is 3.63. The van der Waals surface area contributed by atoms with E-state index in [1.54, 1.807) is 0 Å². The van der Waals surface area contributed by atoms with Gasteiger partial charge in [-0.3, -0.25) is 0 Å². The van der Waals surface area contributed by atoms with E-state index >= 15 is 0 Å². The van der Waals surface area contributed by atoms with Gasteiger partial charge < -0.3 is 20.1 Å². The number of hydrogen-bond acceptors (Lipinski definition) is 4. The molecule has 16 heavy (non-hydrogen) atoms. The van der Waals surface area contributed by atoms with Gasteiger partial charge in [0.15, 0.2) is 6.29 Å². The van der Waals surface area contributed by atoms with Gasteiger partial charge in [0.25, 0.3) is 0 Å². The van der Waals surface area contributed by atoms with E-state index in [1.165, 1.54) is 13.0 Å². The third kappa shape index (κ3) is 2.74. The van der Waals surface area contributed by atoms with E-state index in [0.29, 0.717) is 18.5 Å². The summed E-state index contributed by atoms with van der Waals surface area (Å²) in [6, 6.07) is 0.631. The molecule has 2 rings (SSSR count). The molecular formula is C12H24N2O2. The topological polar surface area (TPSA) is 47.7 Å². The molecule has 0 amide bonds. The summed E-state index contributed by atoms with van der Waals surface area (Å²) in [5, 5.41) is 0. The second kappa shape index (κ2) is 5.45. The molecule has 2 N–H and O–H groups in total. The van der Waals surface area contributed by atoms with Crippen LogP contribution in [0.4, 0.5) is 0 Å². The lowest BCUT2D eigenvalue weighted by atomic mass is 10.1.